The lowest BCUT2D eigenvalue weighted by Gasteiger charge is -2.27. The zero-order valence-electron chi connectivity index (χ0n) is 33.5. The number of hydrogen-bond acceptors (Lipinski definition) is 10. The van der Waals surface area contributed by atoms with Crippen molar-refractivity contribution in [2.24, 2.45) is 28.1 Å². The molecule has 1 aromatic carbocycles. The van der Waals surface area contributed by atoms with Crippen molar-refractivity contribution >= 4 is 12.0 Å². The molecule has 3 atom stereocenters. The minimum absolute atomic E-state index is 0.0469. The molecular weight excluding hydrogens is 703 g/mol. The fourth-order valence-corrected chi connectivity index (χ4v) is 5.93. The van der Waals surface area contributed by atoms with Crippen molar-refractivity contribution in [3.05, 3.63) is 84.8 Å². The number of carbonyl (C=O) groups excluding carboxylic acids is 1. The van der Waals surface area contributed by atoms with Gasteiger partial charge in [-0.1, -0.05) is 52.0 Å². The van der Waals surface area contributed by atoms with Crippen LogP contribution in [0.4, 0.5) is 4.79 Å². The molecule has 0 spiro atoms. The number of likely N-dealkylation sites (tertiary alicyclic amines) is 1. The van der Waals surface area contributed by atoms with Crippen LogP contribution in [0.1, 0.15) is 78.3 Å². The molecule has 1 aliphatic heterocycles. The van der Waals surface area contributed by atoms with Crippen molar-refractivity contribution in [2.45, 2.75) is 97.4 Å². The number of rotatable bonds is 15. The van der Waals surface area contributed by atoms with Crippen LogP contribution in [-0.4, -0.2) is 93.7 Å². The molecule has 13 N–H and O–H groups in total. The molecule has 4 rings (SSSR count). The van der Waals surface area contributed by atoms with Gasteiger partial charge in [0.1, 0.15) is 5.82 Å². The molecule has 1 fully saturated rings. The molecule has 1 aliphatic rings. The second-order valence-corrected chi connectivity index (χ2v) is 16.2. The molecule has 17 nitrogen and oxygen atoms in total. The summed E-state index contributed by atoms with van der Waals surface area (Å²) in [6, 6.07) is 8.00. The summed E-state index contributed by atoms with van der Waals surface area (Å²) in [4.78, 5) is 65.8. The SMILES string of the molecule is CC(C)(C)c1ncc(-c2ccc(CNCCCN=C(N)N)cc2)c(=O)[nH]1.C[C@@H](CN)CN1C[C@H](NC(=O)NC(C)(C)C)C[C@H]1CNCc1c[nH]c(=O)[nH]c1=O. The number of aromatic nitrogens is 4. The maximum Gasteiger partial charge on any atom is 0.325 e. The molecule has 2 amide bonds. The minimum Gasteiger partial charge on any atom is -0.370 e. The van der Waals surface area contributed by atoms with E-state index >= 15 is 0 Å². The number of benzene rings is 1. The summed E-state index contributed by atoms with van der Waals surface area (Å²) in [6.07, 6.45) is 4.76. The molecule has 3 heterocycles. The van der Waals surface area contributed by atoms with Crippen LogP contribution in [0.2, 0.25) is 0 Å². The monoisotopic (exact) mass is 766 g/mol. The van der Waals surface area contributed by atoms with Crippen LogP contribution in [0.3, 0.4) is 0 Å². The molecule has 0 aliphatic carbocycles. The molecule has 1 saturated heterocycles. The summed E-state index contributed by atoms with van der Waals surface area (Å²) in [5.41, 5.74) is 17.9. The predicted molar refractivity (Wildman–Crippen MR) is 219 cm³/mol. The maximum atomic E-state index is 12.4. The van der Waals surface area contributed by atoms with Gasteiger partial charge in [0.25, 0.3) is 11.1 Å². The highest BCUT2D eigenvalue weighted by molar-refractivity contribution is 5.75. The van der Waals surface area contributed by atoms with Gasteiger partial charge in [0.05, 0.1) is 5.56 Å². The Morgan fingerprint density at radius 3 is 2.33 bits per heavy atom. The van der Waals surface area contributed by atoms with Crippen LogP contribution in [-0.2, 0) is 18.5 Å². The molecule has 55 heavy (non-hydrogen) atoms. The number of amides is 2. The van der Waals surface area contributed by atoms with Gasteiger partial charge in [-0.15, -0.1) is 0 Å². The number of nitrogens with zero attached hydrogens (tertiary/aromatic N) is 3. The van der Waals surface area contributed by atoms with Gasteiger partial charge in [-0.2, -0.15) is 0 Å². The zero-order valence-corrected chi connectivity index (χ0v) is 33.5. The highest BCUT2D eigenvalue weighted by atomic mass is 16.2. The van der Waals surface area contributed by atoms with Crippen molar-refractivity contribution in [2.75, 3.05) is 39.3 Å². The van der Waals surface area contributed by atoms with E-state index in [0.29, 0.717) is 49.0 Å². The molecular formula is C38H63N13O4. The van der Waals surface area contributed by atoms with Crippen LogP contribution in [0.15, 0.2) is 56.0 Å². The Kier molecular flexibility index (Phi) is 16.8. The number of guanidine groups is 1. The molecule has 0 saturated carbocycles. The summed E-state index contributed by atoms with van der Waals surface area (Å²) < 4.78 is 0. The van der Waals surface area contributed by atoms with E-state index < -0.39 is 5.69 Å². The number of aliphatic imine (C=N–C) groups is 1. The van der Waals surface area contributed by atoms with Crippen LogP contribution < -0.4 is 55.3 Å². The van der Waals surface area contributed by atoms with Crippen molar-refractivity contribution in [3.63, 3.8) is 0 Å². The number of nitrogens with two attached hydrogens (primary N) is 3. The third-order valence-electron chi connectivity index (χ3n) is 8.80. The number of hydrogen-bond donors (Lipinski definition) is 10. The van der Waals surface area contributed by atoms with E-state index in [0.717, 1.165) is 50.1 Å². The minimum atomic E-state index is -0.515. The first-order chi connectivity index (χ1) is 25.8. The lowest BCUT2D eigenvalue weighted by atomic mass is 9.95. The molecule has 3 aromatic rings. The number of H-pyrrole nitrogens is 3. The van der Waals surface area contributed by atoms with E-state index in [1.807, 2.05) is 65.8 Å². The Labute approximate surface area is 323 Å². The molecule has 0 unspecified atom stereocenters. The first-order valence-corrected chi connectivity index (χ1v) is 18.8. The number of nitrogens with one attached hydrogen (secondary N) is 7. The van der Waals surface area contributed by atoms with Crippen molar-refractivity contribution < 1.29 is 4.79 Å². The van der Waals surface area contributed by atoms with Gasteiger partial charge < -0.3 is 48.4 Å². The highest BCUT2D eigenvalue weighted by Crippen LogP contribution is 2.21. The number of aromatic amines is 3. The van der Waals surface area contributed by atoms with E-state index in [1.165, 1.54) is 6.20 Å². The average Bonchev–Trinajstić information content (AvgIpc) is 3.46. The number of urea groups is 1. The standard InChI is InChI=1S/C19H35N7O3.C19H28N6O/c1-12(6-20)10-26-11-14(23-18(29)25-19(2,3)4)5-15(26)9-21-7-13-8-22-17(28)24-16(13)27;1-19(2,3)17-24-12-15(16(26)25-17)14-7-5-13(6-8-14)11-22-9-4-10-23-18(20)21/h8,12,14-15,21H,5-7,9-11,20H2,1-4H3,(H2,23,25,29)(H2,22,24,27,28);5-8,12,22H,4,9-11H2,1-3H3,(H4,20,21,23)(H,24,25,26)/t12-,14+,15-;/m0./s1. The second kappa shape index (κ2) is 20.7. The summed E-state index contributed by atoms with van der Waals surface area (Å²) >= 11 is 0. The van der Waals surface area contributed by atoms with E-state index in [1.54, 1.807) is 6.20 Å². The van der Waals surface area contributed by atoms with E-state index in [-0.39, 0.29) is 46.1 Å². The Morgan fingerprint density at radius 1 is 1.02 bits per heavy atom. The molecule has 304 valence electrons. The van der Waals surface area contributed by atoms with Crippen LogP contribution in [0, 0.1) is 5.92 Å². The first-order valence-electron chi connectivity index (χ1n) is 18.8. The Hall–Kier alpha value is -4.84. The quantitative estimate of drug-likeness (QED) is 0.0587. The topological polar surface area (TPSA) is 270 Å². The normalized spacial score (nSPS) is 16.5. The van der Waals surface area contributed by atoms with Crippen molar-refractivity contribution in [1.29, 1.82) is 0 Å². The van der Waals surface area contributed by atoms with Crippen LogP contribution in [0.5, 0.6) is 0 Å². The van der Waals surface area contributed by atoms with Crippen LogP contribution >= 0.6 is 0 Å². The predicted octanol–water partition coefficient (Wildman–Crippen LogP) is 0.776. The van der Waals surface area contributed by atoms with E-state index in [2.05, 4.69) is 58.0 Å². The largest absolute Gasteiger partial charge is 0.370 e. The van der Waals surface area contributed by atoms with Gasteiger partial charge in [0.15, 0.2) is 5.96 Å². The Bertz CT molecular complexity index is 1850. The summed E-state index contributed by atoms with van der Waals surface area (Å²) in [7, 11) is 0. The zero-order chi connectivity index (χ0) is 40.8. The average molecular weight is 766 g/mol. The van der Waals surface area contributed by atoms with Crippen molar-refractivity contribution in [3.8, 4) is 11.1 Å². The maximum absolute atomic E-state index is 12.4. The summed E-state index contributed by atoms with van der Waals surface area (Å²) in [5, 5.41) is 12.6. The van der Waals surface area contributed by atoms with Gasteiger partial charge in [-0.3, -0.25) is 24.5 Å². The summed E-state index contributed by atoms with van der Waals surface area (Å²) in [6.45, 7) is 19.4. The smallest absolute Gasteiger partial charge is 0.325 e. The number of carbonyl (C=O) groups is 1. The van der Waals surface area contributed by atoms with Gasteiger partial charge in [0.2, 0.25) is 0 Å². The van der Waals surface area contributed by atoms with Crippen molar-refractivity contribution in [1.82, 2.24) is 46.1 Å². The summed E-state index contributed by atoms with van der Waals surface area (Å²) in [5.74, 6) is 1.16. The lowest BCUT2D eigenvalue weighted by Crippen LogP contribution is -2.50. The fraction of sp³-hybridized carbons (Fsp3) is 0.579. The van der Waals surface area contributed by atoms with Gasteiger partial charge in [0, 0.05) is 80.3 Å². The third kappa shape index (κ3) is 15.8. The molecule has 17 heteroatoms. The van der Waals surface area contributed by atoms with Gasteiger partial charge in [-0.05, 0) is 63.7 Å². The first kappa shape index (κ1) is 44.6. The van der Waals surface area contributed by atoms with Gasteiger partial charge >= 0.3 is 11.7 Å². The fourth-order valence-electron chi connectivity index (χ4n) is 5.93. The molecule has 0 bridgehead atoms. The van der Waals surface area contributed by atoms with Crippen LogP contribution in [0.25, 0.3) is 11.1 Å². The Balaban J connectivity index is 0.000000297. The molecule has 0 radical (unpaired) electrons. The van der Waals surface area contributed by atoms with Gasteiger partial charge in [-0.25, -0.2) is 14.6 Å². The third-order valence-corrected chi connectivity index (χ3v) is 8.80. The highest BCUT2D eigenvalue weighted by Gasteiger charge is 2.33. The second-order valence-electron chi connectivity index (χ2n) is 16.2. The van der Waals surface area contributed by atoms with E-state index in [9.17, 15) is 19.2 Å². The molecule has 2 aromatic heterocycles. The van der Waals surface area contributed by atoms with E-state index in [4.69, 9.17) is 17.2 Å². The Morgan fingerprint density at radius 2 is 1.73 bits per heavy atom. The lowest BCUT2D eigenvalue weighted by molar-refractivity contribution is 0.213.